The van der Waals surface area contributed by atoms with Crippen LogP contribution >= 0.6 is 15.9 Å². The van der Waals surface area contributed by atoms with Gasteiger partial charge in [-0.2, -0.15) is 4.98 Å². The number of nitrogens with one attached hydrogen (secondary N) is 1. The van der Waals surface area contributed by atoms with Gasteiger partial charge >= 0.3 is 0 Å². The maximum Gasteiger partial charge on any atom is 0.225 e. The predicted molar refractivity (Wildman–Crippen MR) is 121 cm³/mol. The van der Waals surface area contributed by atoms with Gasteiger partial charge in [0, 0.05) is 10.5 Å². The molecule has 1 saturated carbocycles. The van der Waals surface area contributed by atoms with Crippen molar-refractivity contribution in [3.8, 4) is 5.69 Å². The van der Waals surface area contributed by atoms with Gasteiger partial charge in [-0.05, 0) is 43.9 Å². The Morgan fingerprint density at radius 3 is 2.70 bits per heavy atom. The van der Waals surface area contributed by atoms with Gasteiger partial charge in [0.1, 0.15) is 12.0 Å². The molecule has 2 aromatic heterocycles. The Balaban J connectivity index is 1.52. The molecule has 2 unspecified atom stereocenters. The molecule has 0 radical (unpaired) electrons. The molecule has 3 heterocycles. The SMILES string of the molecule is CCC1c2nncn2-c2cnc(NC(C)c3ccc(Br)cc3)nc2N1C1CCCC1. The van der Waals surface area contributed by atoms with Crippen LogP contribution < -0.4 is 10.2 Å². The zero-order valence-electron chi connectivity index (χ0n) is 17.3. The molecule has 30 heavy (non-hydrogen) atoms. The molecule has 5 rings (SSSR count). The summed E-state index contributed by atoms with van der Waals surface area (Å²) in [6, 6.07) is 9.13. The minimum atomic E-state index is 0.104. The lowest BCUT2D eigenvalue weighted by Crippen LogP contribution is -2.42. The van der Waals surface area contributed by atoms with Crippen LogP contribution in [-0.2, 0) is 0 Å². The average Bonchev–Trinajstić information content (AvgIpc) is 3.45. The highest BCUT2D eigenvalue weighted by molar-refractivity contribution is 9.10. The van der Waals surface area contributed by atoms with Crippen molar-refractivity contribution in [2.45, 2.75) is 64.1 Å². The molecule has 1 fully saturated rings. The smallest absolute Gasteiger partial charge is 0.225 e. The molecule has 8 heteroatoms. The summed E-state index contributed by atoms with van der Waals surface area (Å²) in [5, 5.41) is 12.1. The number of benzene rings is 1. The fraction of sp³-hybridized carbons (Fsp3) is 0.455. The molecule has 0 spiro atoms. The summed E-state index contributed by atoms with van der Waals surface area (Å²) in [6.45, 7) is 4.35. The molecule has 1 aliphatic heterocycles. The third-order valence-corrected chi connectivity index (χ3v) is 6.81. The lowest BCUT2D eigenvalue weighted by atomic mass is 10.0. The third kappa shape index (κ3) is 3.37. The van der Waals surface area contributed by atoms with E-state index < -0.39 is 0 Å². The van der Waals surface area contributed by atoms with Gasteiger partial charge < -0.3 is 10.2 Å². The van der Waals surface area contributed by atoms with Gasteiger partial charge in [0.2, 0.25) is 5.95 Å². The highest BCUT2D eigenvalue weighted by Crippen LogP contribution is 2.42. The van der Waals surface area contributed by atoms with E-state index in [0.717, 1.165) is 28.2 Å². The van der Waals surface area contributed by atoms with Crippen LogP contribution in [0.3, 0.4) is 0 Å². The molecule has 156 valence electrons. The van der Waals surface area contributed by atoms with Crippen molar-refractivity contribution < 1.29 is 0 Å². The molecule has 3 aromatic rings. The van der Waals surface area contributed by atoms with Gasteiger partial charge in [-0.3, -0.25) is 4.57 Å². The van der Waals surface area contributed by atoms with E-state index in [2.05, 4.69) is 84.0 Å². The monoisotopic (exact) mass is 467 g/mol. The first-order chi connectivity index (χ1) is 14.7. The van der Waals surface area contributed by atoms with Crippen molar-refractivity contribution in [2.75, 3.05) is 10.2 Å². The summed E-state index contributed by atoms with van der Waals surface area (Å²) >= 11 is 3.50. The van der Waals surface area contributed by atoms with Crippen LogP contribution in [0.15, 0.2) is 41.3 Å². The van der Waals surface area contributed by atoms with E-state index in [0.29, 0.717) is 12.0 Å². The van der Waals surface area contributed by atoms with Gasteiger partial charge in [-0.15, -0.1) is 10.2 Å². The number of aromatic nitrogens is 5. The second kappa shape index (κ2) is 7.98. The molecule has 2 aliphatic rings. The van der Waals surface area contributed by atoms with Gasteiger partial charge in [0.05, 0.1) is 18.3 Å². The van der Waals surface area contributed by atoms with Crippen molar-refractivity contribution in [3.63, 3.8) is 0 Å². The molecule has 7 nitrogen and oxygen atoms in total. The summed E-state index contributed by atoms with van der Waals surface area (Å²) in [4.78, 5) is 12.1. The maximum atomic E-state index is 5.02. The number of anilines is 2. The topological polar surface area (TPSA) is 71.8 Å². The number of nitrogens with zero attached hydrogens (tertiary/aromatic N) is 6. The molecular formula is C22H26BrN7. The van der Waals surface area contributed by atoms with Gasteiger partial charge in [-0.25, -0.2) is 4.98 Å². The number of hydrogen-bond acceptors (Lipinski definition) is 6. The number of rotatable bonds is 5. The van der Waals surface area contributed by atoms with Crippen LogP contribution in [0.4, 0.5) is 11.8 Å². The first kappa shape index (κ1) is 19.5. The summed E-state index contributed by atoms with van der Waals surface area (Å²) in [5.41, 5.74) is 2.16. The molecule has 1 aromatic carbocycles. The van der Waals surface area contributed by atoms with Crippen molar-refractivity contribution >= 4 is 27.7 Å². The fourth-order valence-corrected chi connectivity index (χ4v) is 5.01. The van der Waals surface area contributed by atoms with E-state index in [9.17, 15) is 0 Å². The number of fused-ring (bicyclic) bond motifs is 3. The van der Waals surface area contributed by atoms with Gasteiger partial charge in [-0.1, -0.05) is 47.8 Å². The van der Waals surface area contributed by atoms with Crippen LogP contribution in [0.2, 0.25) is 0 Å². The standard InChI is InChI=1S/C22H26BrN7/c1-3-18-21-28-25-13-29(21)19-12-24-22(26-14(2)15-8-10-16(23)11-9-15)27-20(19)30(18)17-6-4-5-7-17/h8-14,17-18H,3-7H2,1-2H3,(H,24,26,27). The van der Waals surface area contributed by atoms with Crippen LogP contribution in [0, 0.1) is 0 Å². The lowest BCUT2D eigenvalue weighted by Gasteiger charge is -2.40. The Hall–Kier alpha value is -2.48. The quantitative estimate of drug-likeness (QED) is 0.555. The van der Waals surface area contributed by atoms with E-state index in [1.165, 1.54) is 31.2 Å². The minimum absolute atomic E-state index is 0.104. The Kier molecular flexibility index (Phi) is 5.18. The molecule has 0 bridgehead atoms. The lowest BCUT2D eigenvalue weighted by molar-refractivity contribution is 0.469. The average molecular weight is 468 g/mol. The second-order valence-corrected chi connectivity index (χ2v) is 9.06. The fourth-order valence-electron chi connectivity index (χ4n) is 4.74. The molecule has 0 saturated heterocycles. The molecule has 1 N–H and O–H groups in total. The summed E-state index contributed by atoms with van der Waals surface area (Å²) in [6.07, 6.45) is 9.60. The molecule has 0 amide bonds. The second-order valence-electron chi connectivity index (χ2n) is 8.15. The first-order valence-electron chi connectivity index (χ1n) is 10.7. The van der Waals surface area contributed by atoms with E-state index in [-0.39, 0.29) is 12.1 Å². The van der Waals surface area contributed by atoms with Crippen molar-refractivity contribution in [1.82, 2.24) is 24.7 Å². The van der Waals surface area contributed by atoms with Gasteiger partial charge in [0.15, 0.2) is 11.6 Å². The maximum absolute atomic E-state index is 5.02. The predicted octanol–water partition coefficient (Wildman–Crippen LogP) is 5.21. The highest BCUT2D eigenvalue weighted by atomic mass is 79.9. The van der Waals surface area contributed by atoms with Crippen LogP contribution in [0.25, 0.3) is 5.69 Å². The zero-order valence-corrected chi connectivity index (χ0v) is 18.9. The first-order valence-corrected chi connectivity index (χ1v) is 11.5. The van der Waals surface area contributed by atoms with Crippen molar-refractivity contribution in [1.29, 1.82) is 0 Å². The third-order valence-electron chi connectivity index (χ3n) is 6.28. The Labute approximate surface area is 185 Å². The number of hydrogen-bond donors (Lipinski definition) is 1. The van der Waals surface area contributed by atoms with E-state index >= 15 is 0 Å². The van der Waals surface area contributed by atoms with E-state index in [4.69, 9.17) is 4.98 Å². The van der Waals surface area contributed by atoms with Gasteiger partial charge in [0.25, 0.3) is 0 Å². The van der Waals surface area contributed by atoms with Crippen molar-refractivity contribution in [2.24, 2.45) is 0 Å². The van der Waals surface area contributed by atoms with Crippen LogP contribution in [0.5, 0.6) is 0 Å². The Morgan fingerprint density at radius 2 is 1.97 bits per heavy atom. The van der Waals surface area contributed by atoms with Crippen LogP contribution in [0.1, 0.15) is 69.4 Å². The summed E-state index contributed by atoms with van der Waals surface area (Å²) < 4.78 is 3.13. The Bertz CT molecular complexity index is 1030. The Morgan fingerprint density at radius 1 is 1.20 bits per heavy atom. The largest absolute Gasteiger partial charge is 0.348 e. The van der Waals surface area contributed by atoms with E-state index in [1.807, 2.05) is 6.20 Å². The highest BCUT2D eigenvalue weighted by Gasteiger charge is 2.38. The number of halogens is 1. The summed E-state index contributed by atoms with van der Waals surface area (Å²) in [5.74, 6) is 2.63. The normalized spacial score (nSPS) is 19.4. The summed E-state index contributed by atoms with van der Waals surface area (Å²) in [7, 11) is 0. The van der Waals surface area contributed by atoms with Crippen molar-refractivity contribution in [3.05, 3.63) is 52.7 Å². The van der Waals surface area contributed by atoms with E-state index in [1.54, 1.807) is 6.33 Å². The molecular weight excluding hydrogens is 442 g/mol. The zero-order chi connectivity index (χ0) is 20.7. The minimum Gasteiger partial charge on any atom is -0.348 e. The molecule has 2 atom stereocenters. The van der Waals surface area contributed by atoms with Crippen LogP contribution in [-0.4, -0.2) is 30.8 Å². The molecule has 1 aliphatic carbocycles.